The minimum Gasteiger partial charge on any atom is -0.478 e. The van der Waals surface area contributed by atoms with Crippen molar-refractivity contribution in [1.82, 2.24) is 15.0 Å². The van der Waals surface area contributed by atoms with E-state index in [2.05, 4.69) is 10.3 Å². The quantitative estimate of drug-likeness (QED) is 0.884. The summed E-state index contributed by atoms with van der Waals surface area (Å²) in [6, 6.07) is 5.59. The van der Waals surface area contributed by atoms with Crippen molar-refractivity contribution in [3.8, 4) is 11.8 Å². The minimum atomic E-state index is -1.26. The fraction of sp³-hybridized carbons (Fsp3) is 0.267. The Morgan fingerprint density at radius 3 is 2.04 bits per heavy atom. The molecule has 2 N–H and O–H groups in total. The van der Waals surface area contributed by atoms with Crippen molar-refractivity contribution in [1.29, 1.82) is 5.26 Å². The Morgan fingerprint density at radius 2 is 1.65 bits per heavy atom. The van der Waals surface area contributed by atoms with E-state index in [0.29, 0.717) is 5.69 Å². The van der Waals surface area contributed by atoms with Crippen LogP contribution in [0, 0.1) is 11.3 Å². The van der Waals surface area contributed by atoms with Gasteiger partial charge in [0.25, 0.3) is 0 Å². The van der Waals surface area contributed by atoms with Gasteiger partial charge in [-0.25, -0.2) is 14.3 Å². The molecule has 0 unspecified atom stereocenters. The van der Waals surface area contributed by atoms with E-state index in [4.69, 9.17) is 10.2 Å². The third-order valence-electron chi connectivity index (χ3n) is 3.14. The third kappa shape index (κ3) is 3.03. The van der Waals surface area contributed by atoms with Crippen LogP contribution in [0.4, 0.5) is 0 Å². The average Bonchev–Trinajstić information content (AvgIpc) is 2.90. The molecule has 0 saturated carbocycles. The number of benzene rings is 1. The lowest BCUT2D eigenvalue weighted by atomic mass is 9.90. The van der Waals surface area contributed by atoms with Crippen molar-refractivity contribution >= 4 is 11.9 Å². The molecule has 1 aromatic carbocycles. The summed E-state index contributed by atoms with van der Waals surface area (Å²) in [7, 11) is 0. The molecule has 0 radical (unpaired) electrons. The summed E-state index contributed by atoms with van der Waals surface area (Å²) in [5.74, 6) is -2.51. The van der Waals surface area contributed by atoms with Gasteiger partial charge in [-0.3, -0.25) is 0 Å². The number of hydrogen-bond acceptors (Lipinski definition) is 5. The summed E-state index contributed by atoms with van der Waals surface area (Å²) in [5.41, 5.74) is -0.0743. The molecule has 2 rings (SSSR count). The molecule has 118 valence electrons. The predicted octanol–water partition coefficient (Wildman–Crippen LogP) is 1.83. The van der Waals surface area contributed by atoms with Crippen LogP contribution in [0.1, 0.15) is 52.9 Å². The highest BCUT2D eigenvalue weighted by Gasteiger charge is 2.27. The molecule has 0 aliphatic heterocycles. The van der Waals surface area contributed by atoms with Crippen LogP contribution in [0.15, 0.2) is 18.2 Å². The maximum Gasteiger partial charge on any atom is 0.335 e. The molecular formula is C15H14N4O4. The minimum absolute atomic E-state index is 0.107. The van der Waals surface area contributed by atoms with Crippen LogP contribution in [-0.4, -0.2) is 37.1 Å². The number of carboxylic acid groups (broad SMARTS) is 2. The van der Waals surface area contributed by atoms with Gasteiger partial charge in [-0.15, -0.1) is 5.10 Å². The Hall–Kier alpha value is -3.21. The lowest BCUT2D eigenvalue weighted by molar-refractivity contribution is 0.0696. The highest BCUT2D eigenvalue weighted by molar-refractivity contribution is 5.94. The number of hydrogen-bond donors (Lipinski definition) is 2. The van der Waals surface area contributed by atoms with E-state index in [1.807, 2.05) is 26.8 Å². The van der Waals surface area contributed by atoms with E-state index < -0.39 is 17.4 Å². The first kappa shape index (κ1) is 16.2. The van der Waals surface area contributed by atoms with Gasteiger partial charge in [0.15, 0.2) is 5.69 Å². The van der Waals surface area contributed by atoms with Crippen LogP contribution in [0.5, 0.6) is 0 Å². The fourth-order valence-corrected chi connectivity index (χ4v) is 2.19. The monoisotopic (exact) mass is 314 g/mol. The second kappa shape index (κ2) is 5.53. The van der Waals surface area contributed by atoms with Crippen molar-refractivity contribution in [3.63, 3.8) is 0 Å². The number of rotatable bonds is 3. The third-order valence-corrected chi connectivity index (χ3v) is 3.14. The zero-order valence-corrected chi connectivity index (χ0v) is 12.7. The Labute approximate surface area is 131 Å². The number of nitriles is 1. The molecule has 0 bridgehead atoms. The first-order valence-corrected chi connectivity index (χ1v) is 6.63. The van der Waals surface area contributed by atoms with Crippen molar-refractivity contribution < 1.29 is 19.8 Å². The second-order valence-corrected chi connectivity index (χ2v) is 5.94. The van der Waals surface area contributed by atoms with Crippen LogP contribution < -0.4 is 0 Å². The molecule has 0 amide bonds. The fourth-order valence-electron chi connectivity index (χ4n) is 2.19. The molecule has 0 fully saturated rings. The van der Waals surface area contributed by atoms with Gasteiger partial charge in [0.05, 0.1) is 22.5 Å². The molecule has 8 nitrogen and oxygen atoms in total. The molecule has 1 heterocycles. The molecular weight excluding hydrogens is 300 g/mol. The van der Waals surface area contributed by atoms with Crippen LogP contribution in [0.3, 0.4) is 0 Å². The topological polar surface area (TPSA) is 129 Å². The van der Waals surface area contributed by atoms with Gasteiger partial charge in [-0.2, -0.15) is 5.26 Å². The molecule has 1 aromatic heterocycles. The number of carbonyl (C=O) groups is 2. The lowest BCUT2D eigenvalue weighted by Gasteiger charge is -2.20. The summed E-state index contributed by atoms with van der Waals surface area (Å²) in [6.45, 7) is 5.55. The largest absolute Gasteiger partial charge is 0.478 e. The summed E-state index contributed by atoms with van der Waals surface area (Å²) in [6.07, 6.45) is 0. The summed E-state index contributed by atoms with van der Waals surface area (Å²) >= 11 is 0. The molecule has 0 spiro atoms. The average molecular weight is 314 g/mol. The maximum absolute atomic E-state index is 11.2. The SMILES string of the molecule is CC(C)(C)c1c(C#N)nnn1-c1cc(C(=O)O)cc(C(=O)O)c1. The van der Waals surface area contributed by atoms with Crippen LogP contribution in [0.25, 0.3) is 5.69 Å². The van der Waals surface area contributed by atoms with Gasteiger partial charge < -0.3 is 10.2 Å². The highest BCUT2D eigenvalue weighted by atomic mass is 16.4. The van der Waals surface area contributed by atoms with Gasteiger partial charge in [-0.1, -0.05) is 26.0 Å². The standard InChI is InChI=1S/C15H14N4O4/c1-15(2,3)12-11(7-16)17-18-19(12)10-5-8(13(20)21)4-9(6-10)14(22)23/h4-6H,1-3H3,(H,20,21)(H,22,23). The summed E-state index contributed by atoms with van der Waals surface area (Å²) < 4.78 is 1.30. The first-order chi connectivity index (χ1) is 10.6. The predicted molar refractivity (Wildman–Crippen MR) is 78.7 cm³/mol. The van der Waals surface area contributed by atoms with E-state index in [-0.39, 0.29) is 22.5 Å². The molecule has 0 atom stereocenters. The zero-order valence-electron chi connectivity index (χ0n) is 12.7. The van der Waals surface area contributed by atoms with Gasteiger partial charge in [0.2, 0.25) is 0 Å². The first-order valence-electron chi connectivity index (χ1n) is 6.63. The smallest absolute Gasteiger partial charge is 0.335 e. The van der Waals surface area contributed by atoms with E-state index in [1.54, 1.807) is 0 Å². The van der Waals surface area contributed by atoms with Gasteiger partial charge >= 0.3 is 11.9 Å². The number of aromatic nitrogens is 3. The van der Waals surface area contributed by atoms with Crippen molar-refractivity contribution in [3.05, 3.63) is 40.7 Å². The number of aromatic carboxylic acids is 2. The van der Waals surface area contributed by atoms with Crippen LogP contribution in [-0.2, 0) is 5.41 Å². The van der Waals surface area contributed by atoms with Crippen molar-refractivity contribution in [2.75, 3.05) is 0 Å². The molecule has 0 aliphatic rings. The second-order valence-electron chi connectivity index (χ2n) is 5.94. The summed E-state index contributed by atoms with van der Waals surface area (Å²) in [5, 5.41) is 35.1. The maximum atomic E-state index is 11.2. The Kier molecular flexibility index (Phi) is 3.89. The van der Waals surface area contributed by atoms with Gasteiger partial charge in [0, 0.05) is 5.41 Å². The molecule has 23 heavy (non-hydrogen) atoms. The lowest BCUT2D eigenvalue weighted by Crippen LogP contribution is -2.19. The van der Waals surface area contributed by atoms with E-state index >= 15 is 0 Å². The van der Waals surface area contributed by atoms with Gasteiger partial charge in [-0.05, 0) is 18.2 Å². The normalized spacial score (nSPS) is 11.0. The molecule has 0 saturated heterocycles. The van der Waals surface area contributed by atoms with Crippen LogP contribution in [0.2, 0.25) is 0 Å². The van der Waals surface area contributed by atoms with E-state index in [0.717, 1.165) is 6.07 Å². The highest BCUT2D eigenvalue weighted by Crippen LogP contribution is 2.27. The van der Waals surface area contributed by atoms with Crippen molar-refractivity contribution in [2.24, 2.45) is 0 Å². The molecule has 8 heteroatoms. The Morgan fingerprint density at radius 1 is 1.13 bits per heavy atom. The van der Waals surface area contributed by atoms with E-state index in [1.165, 1.54) is 16.8 Å². The summed E-state index contributed by atoms with van der Waals surface area (Å²) in [4.78, 5) is 22.4. The Bertz CT molecular complexity index is 808. The van der Waals surface area contributed by atoms with Crippen LogP contribution >= 0.6 is 0 Å². The molecule has 0 aliphatic carbocycles. The van der Waals surface area contributed by atoms with Gasteiger partial charge in [0.1, 0.15) is 6.07 Å². The Balaban J connectivity index is 2.78. The van der Waals surface area contributed by atoms with Crippen molar-refractivity contribution in [2.45, 2.75) is 26.2 Å². The number of nitrogens with zero attached hydrogens (tertiary/aromatic N) is 4. The van der Waals surface area contributed by atoms with E-state index in [9.17, 15) is 14.9 Å². The zero-order chi connectivity index (χ0) is 17.4. The molecule has 2 aromatic rings. The number of carboxylic acids is 2.